The summed E-state index contributed by atoms with van der Waals surface area (Å²) in [6.45, 7) is 1.70. The van der Waals surface area contributed by atoms with Crippen molar-refractivity contribution < 1.29 is 28.7 Å². The van der Waals surface area contributed by atoms with Gasteiger partial charge in [0, 0.05) is 24.9 Å². The summed E-state index contributed by atoms with van der Waals surface area (Å²) < 4.78 is 11.8. The van der Waals surface area contributed by atoms with Crippen LogP contribution in [0.4, 0.5) is 4.79 Å². The number of hydrogen-bond acceptors (Lipinski definition) is 9. The summed E-state index contributed by atoms with van der Waals surface area (Å²) in [4.78, 5) is 47.0. The number of aromatic nitrogens is 3. The highest BCUT2D eigenvalue weighted by molar-refractivity contribution is 7.99. The zero-order valence-electron chi connectivity index (χ0n) is 18.1. The van der Waals surface area contributed by atoms with Crippen molar-refractivity contribution in [2.45, 2.75) is 31.0 Å². The molecule has 0 bridgehead atoms. The SMILES string of the molecule is CCOC(=O)CNC(=O)CSc1nnc(CC2CC(=O)NC(=O)N2)n1-c1cccc(OC)c1. The minimum Gasteiger partial charge on any atom is -0.497 e. The molecule has 3 rings (SSSR count). The van der Waals surface area contributed by atoms with Crippen molar-refractivity contribution in [3.05, 3.63) is 30.1 Å². The average Bonchev–Trinajstić information content (AvgIpc) is 3.18. The van der Waals surface area contributed by atoms with E-state index in [4.69, 9.17) is 9.47 Å². The van der Waals surface area contributed by atoms with Gasteiger partial charge in [0.2, 0.25) is 11.8 Å². The number of nitrogens with zero attached hydrogens (tertiary/aromatic N) is 3. The van der Waals surface area contributed by atoms with Crippen molar-refractivity contribution in [3.8, 4) is 11.4 Å². The third-order valence-corrected chi connectivity index (χ3v) is 5.46. The maximum absolute atomic E-state index is 12.2. The molecule has 176 valence electrons. The molecule has 1 unspecified atom stereocenters. The second kappa shape index (κ2) is 11.3. The topological polar surface area (TPSA) is 154 Å². The molecular weight excluding hydrogens is 452 g/mol. The first kappa shape index (κ1) is 24.0. The zero-order chi connectivity index (χ0) is 23.8. The normalized spacial score (nSPS) is 15.4. The van der Waals surface area contributed by atoms with Crippen LogP contribution in [0, 0.1) is 0 Å². The van der Waals surface area contributed by atoms with Gasteiger partial charge in [0.1, 0.15) is 18.1 Å². The number of ether oxygens (including phenoxy) is 2. The van der Waals surface area contributed by atoms with Crippen molar-refractivity contribution in [2.75, 3.05) is 26.0 Å². The number of carbonyl (C=O) groups is 4. The Balaban J connectivity index is 1.78. The van der Waals surface area contributed by atoms with Gasteiger partial charge in [0.25, 0.3) is 0 Å². The number of amides is 4. The summed E-state index contributed by atoms with van der Waals surface area (Å²) in [7, 11) is 1.55. The fourth-order valence-corrected chi connectivity index (χ4v) is 3.92. The molecule has 1 fully saturated rings. The van der Waals surface area contributed by atoms with Gasteiger partial charge in [-0.3, -0.25) is 24.3 Å². The first-order valence-corrected chi connectivity index (χ1v) is 11.1. The van der Waals surface area contributed by atoms with E-state index in [9.17, 15) is 19.2 Å². The number of urea groups is 1. The van der Waals surface area contributed by atoms with Crippen LogP contribution in [0.1, 0.15) is 19.2 Å². The fourth-order valence-electron chi connectivity index (χ4n) is 3.12. The summed E-state index contributed by atoms with van der Waals surface area (Å²) >= 11 is 1.13. The maximum Gasteiger partial charge on any atom is 0.325 e. The lowest BCUT2D eigenvalue weighted by Crippen LogP contribution is -2.53. The van der Waals surface area contributed by atoms with Crippen LogP contribution >= 0.6 is 11.8 Å². The van der Waals surface area contributed by atoms with Crippen LogP contribution in [0.2, 0.25) is 0 Å². The number of nitrogens with one attached hydrogen (secondary N) is 3. The van der Waals surface area contributed by atoms with Gasteiger partial charge in [-0.15, -0.1) is 10.2 Å². The van der Waals surface area contributed by atoms with Crippen LogP contribution in [0.5, 0.6) is 5.75 Å². The van der Waals surface area contributed by atoms with Crippen LogP contribution < -0.4 is 20.7 Å². The Hall–Kier alpha value is -3.61. The minimum atomic E-state index is -0.559. The van der Waals surface area contributed by atoms with E-state index in [2.05, 4.69) is 26.1 Å². The summed E-state index contributed by atoms with van der Waals surface area (Å²) in [5.74, 6) is -0.158. The summed E-state index contributed by atoms with van der Waals surface area (Å²) in [5.41, 5.74) is 0.690. The monoisotopic (exact) mass is 476 g/mol. The van der Waals surface area contributed by atoms with Crippen LogP contribution in [-0.2, 0) is 25.5 Å². The number of hydrogen-bond donors (Lipinski definition) is 3. The summed E-state index contributed by atoms with van der Waals surface area (Å²) in [6.07, 6.45) is 0.356. The second-order valence-electron chi connectivity index (χ2n) is 6.93. The van der Waals surface area contributed by atoms with Crippen molar-refractivity contribution >= 4 is 35.6 Å². The molecule has 1 aliphatic rings. The van der Waals surface area contributed by atoms with Gasteiger partial charge < -0.3 is 20.1 Å². The molecule has 12 nitrogen and oxygen atoms in total. The van der Waals surface area contributed by atoms with Gasteiger partial charge in [-0.05, 0) is 19.1 Å². The minimum absolute atomic E-state index is 0.00984. The Morgan fingerprint density at radius 3 is 2.85 bits per heavy atom. The third-order valence-electron chi connectivity index (χ3n) is 4.53. The average molecular weight is 477 g/mol. The molecule has 3 N–H and O–H groups in total. The quantitative estimate of drug-likeness (QED) is 0.322. The molecule has 0 aliphatic carbocycles. The summed E-state index contributed by atoms with van der Waals surface area (Å²) in [5, 5.41) is 16.2. The molecule has 0 spiro atoms. The highest BCUT2D eigenvalue weighted by atomic mass is 32.2. The third kappa shape index (κ3) is 6.68. The van der Waals surface area contributed by atoms with E-state index in [-0.39, 0.29) is 43.6 Å². The van der Waals surface area contributed by atoms with Gasteiger partial charge in [0.15, 0.2) is 5.16 Å². The van der Waals surface area contributed by atoms with Crippen molar-refractivity contribution in [1.29, 1.82) is 0 Å². The number of thioether (sulfide) groups is 1. The first-order chi connectivity index (χ1) is 15.9. The van der Waals surface area contributed by atoms with Gasteiger partial charge in [-0.25, -0.2) is 4.79 Å². The Kier molecular flexibility index (Phi) is 8.24. The fraction of sp³-hybridized carbons (Fsp3) is 0.400. The molecule has 1 aromatic heterocycles. The van der Waals surface area contributed by atoms with Crippen molar-refractivity contribution in [1.82, 2.24) is 30.7 Å². The predicted molar refractivity (Wildman–Crippen MR) is 117 cm³/mol. The molecule has 33 heavy (non-hydrogen) atoms. The second-order valence-corrected chi connectivity index (χ2v) is 7.88. The maximum atomic E-state index is 12.2. The number of esters is 1. The number of rotatable bonds is 10. The van der Waals surface area contributed by atoms with Crippen LogP contribution in [0.15, 0.2) is 29.4 Å². The highest BCUT2D eigenvalue weighted by Crippen LogP contribution is 2.25. The van der Waals surface area contributed by atoms with Crippen molar-refractivity contribution in [3.63, 3.8) is 0 Å². The van der Waals surface area contributed by atoms with E-state index in [0.29, 0.717) is 22.4 Å². The molecule has 2 heterocycles. The van der Waals surface area contributed by atoms with Gasteiger partial charge in [-0.2, -0.15) is 0 Å². The van der Waals surface area contributed by atoms with Crippen LogP contribution in [-0.4, -0.2) is 70.6 Å². The zero-order valence-corrected chi connectivity index (χ0v) is 18.9. The van der Waals surface area contributed by atoms with Gasteiger partial charge in [-0.1, -0.05) is 17.8 Å². The number of carbonyl (C=O) groups excluding carboxylic acids is 4. The Morgan fingerprint density at radius 2 is 2.12 bits per heavy atom. The molecule has 0 radical (unpaired) electrons. The van der Waals surface area contributed by atoms with Gasteiger partial charge >= 0.3 is 12.0 Å². The molecule has 13 heteroatoms. The van der Waals surface area contributed by atoms with Crippen LogP contribution in [0.3, 0.4) is 0 Å². The van der Waals surface area contributed by atoms with Crippen LogP contribution in [0.25, 0.3) is 5.69 Å². The lowest BCUT2D eigenvalue weighted by atomic mass is 10.1. The molecule has 2 aromatic rings. The van der Waals surface area contributed by atoms with E-state index in [1.54, 1.807) is 36.8 Å². The van der Waals surface area contributed by atoms with E-state index in [0.717, 1.165) is 11.8 Å². The first-order valence-electron chi connectivity index (χ1n) is 10.1. The number of imide groups is 1. The Bertz CT molecular complexity index is 1030. The van der Waals surface area contributed by atoms with Crippen molar-refractivity contribution in [2.24, 2.45) is 0 Å². The lowest BCUT2D eigenvalue weighted by Gasteiger charge is -2.23. The smallest absolute Gasteiger partial charge is 0.325 e. The molecule has 1 aliphatic heterocycles. The van der Waals surface area contributed by atoms with E-state index >= 15 is 0 Å². The van der Waals surface area contributed by atoms with Gasteiger partial charge in [0.05, 0.1) is 25.2 Å². The molecule has 4 amide bonds. The van der Waals surface area contributed by atoms with E-state index in [1.165, 1.54) is 0 Å². The molecule has 1 atom stereocenters. The Morgan fingerprint density at radius 1 is 1.30 bits per heavy atom. The summed E-state index contributed by atoms with van der Waals surface area (Å²) in [6, 6.07) is 6.18. The largest absolute Gasteiger partial charge is 0.497 e. The van der Waals surface area contributed by atoms with E-state index < -0.39 is 18.0 Å². The standard InChI is InChI=1S/C20H24N6O6S/c1-3-32-18(29)10-21-17(28)11-33-20-25-24-15(7-12-8-16(27)23-19(30)22-12)26(20)13-5-4-6-14(9-13)31-2/h4-6,9,12H,3,7-8,10-11H2,1-2H3,(H,21,28)(H2,22,23,27,30). The molecular formula is C20H24N6O6S. The number of methoxy groups -OCH3 is 1. The molecule has 1 saturated heterocycles. The predicted octanol–water partition coefficient (Wildman–Crippen LogP) is 0.188. The Labute approximate surface area is 193 Å². The molecule has 0 saturated carbocycles. The number of benzene rings is 1. The van der Waals surface area contributed by atoms with E-state index in [1.807, 2.05) is 6.07 Å². The molecule has 1 aromatic carbocycles. The lowest BCUT2D eigenvalue weighted by molar-refractivity contribution is -0.143. The highest BCUT2D eigenvalue weighted by Gasteiger charge is 2.27.